The summed E-state index contributed by atoms with van der Waals surface area (Å²) in [7, 11) is 0. The summed E-state index contributed by atoms with van der Waals surface area (Å²) in [4.78, 5) is 89.9. The quantitative estimate of drug-likeness (QED) is 0.218. The number of ketones is 1. The van der Waals surface area contributed by atoms with Crippen LogP contribution in [-0.2, 0) is 24.0 Å². The lowest BCUT2D eigenvalue weighted by atomic mass is 9.92. The maximum absolute atomic E-state index is 15.1. The molecule has 1 aliphatic heterocycles. The van der Waals surface area contributed by atoms with Crippen LogP contribution in [0.2, 0.25) is 0 Å². The number of likely N-dealkylation sites (tertiary alicyclic amines) is 1. The highest BCUT2D eigenvalue weighted by molar-refractivity contribution is 6.38. The van der Waals surface area contributed by atoms with E-state index in [1.165, 1.54) is 23.5 Å². The van der Waals surface area contributed by atoms with Crippen molar-refractivity contribution in [2.75, 3.05) is 6.54 Å². The summed E-state index contributed by atoms with van der Waals surface area (Å²) in [6, 6.07) is 4.24. The van der Waals surface area contributed by atoms with E-state index in [-0.39, 0.29) is 31.0 Å². The Bertz CT molecular complexity index is 1540. The lowest BCUT2D eigenvalue weighted by Crippen LogP contribution is -2.60. The van der Waals surface area contributed by atoms with Crippen LogP contribution in [0.1, 0.15) is 82.9 Å². The van der Waals surface area contributed by atoms with Gasteiger partial charge >= 0.3 is 0 Å². The molecule has 0 bridgehead atoms. The molecule has 1 saturated heterocycles. The Morgan fingerprint density at radius 3 is 2.14 bits per heavy atom. The Labute approximate surface area is 291 Å². The Balaban J connectivity index is 1.50. The van der Waals surface area contributed by atoms with Crippen LogP contribution in [0.3, 0.4) is 0 Å². The number of fused-ring (bicyclic) bond motifs is 1. The van der Waals surface area contributed by atoms with Gasteiger partial charge in [-0.2, -0.15) is 0 Å². The molecule has 5 amide bonds. The lowest BCUT2D eigenvalue weighted by molar-refractivity contribution is -0.145. The van der Waals surface area contributed by atoms with Crippen LogP contribution < -0.4 is 21.3 Å². The van der Waals surface area contributed by atoms with E-state index >= 15 is 4.39 Å². The molecule has 13 nitrogen and oxygen atoms in total. The summed E-state index contributed by atoms with van der Waals surface area (Å²) in [5.74, 6) is -6.06. The molecule has 2 fully saturated rings. The predicted octanol–water partition coefficient (Wildman–Crippen LogP) is 2.29. The fourth-order valence-electron chi connectivity index (χ4n) is 6.79. The van der Waals surface area contributed by atoms with E-state index in [9.17, 15) is 28.8 Å². The van der Waals surface area contributed by atoms with Gasteiger partial charge in [0, 0.05) is 24.9 Å². The first-order valence-electron chi connectivity index (χ1n) is 17.3. The molecule has 1 aliphatic carbocycles. The number of halogens is 1. The van der Waals surface area contributed by atoms with Gasteiger partial charge in [-0.3, -0.25) is 33.8 Å². The third kappa shape index (κ3) is 8.69. The number of alkyl halides is 1. The van der Waals surface area contributed by atoms with Crippen molar-refractivity contribution in [2.24, 2.45) is 23.7 Å². The number of carbonyl (C=O) groups is 6. The van der Waals surface area contributed by atoms with Crippen LogP contribution in [0.4, 0.5) is 4.39 Å². The second kappa shape index (κ2) is 16.8. The van der Waals surface area contributed by atoms with E-state index in [1.54, 1.807) is 41.5 Å². The number of carbonyl (C=O) groups excluding carboxylic acids is 6. The van der Waals surface area contributed by atoms with Crippen molar-refractivity contribution in [2.45, 2.75) is 97.2 Å². The molecular formula is C36H48FN7O6. The zero-order valence-electron chi connectivity index (χ0n) is 29.4. The molecule has 2 aliphatic rings. The summed E-state index contributed by atoms with van der Waals surface area (Å²) >= 11 is 0. The van der Waals surface area contributed by atoms with Crippen LogP contribution in [0.25, 0.3) is 0 Å². The Hall–Kier alpha value is -4.75. The fourth-order valence-corrected chi connectivity index (χ4v) is 6.79. The van der Waals surface area contributed by atoms with Gasteiger partial charge in [0.05, 0.1) is 18.3 Å². The standard InChI is InChI=1S/C36H48FN7O6/c1-7-26(31(45)35(49)40-21(6)22-11-9-8-10-12-22)41-34(48)30-23-13-14-25(37)24(23)18-44(30)36(50)29(20(4)5)43-33(47)28(19(2)3)42-32(46)27-17-38-15-16-39-27/h8-12,15-17,19-21,23-26,28-30H,7,13-14,18H2,1-6H3,(H,40,49)(H,41,48)(H,42,46)(H,43,47)/t21-,23-,24-,25+,26?,28-,29-,30-/m0/s1. The van der Waals surface area contributed by atoms with Gasteiger partial charge in [0.25, 0.3) is 11.8 Å². The maximum atomic E-state index is 15.1. The van der Waals surface area contributed by atoms with Crippen molar-refractivity contribution >= 4 is 35.3 Å². The lowest BCUT2D eigenvalue weighted by Gasteiger charge is -2.33. The minimum Gasteiger partial charge on any atom is -0.344 e. The minimum atomic E-state index is -1.23. The first-order valence-corrected chi connectivity index (χ1v) is 17.3. The number of rotatable bonds is 14. The maximum Gasteiger partial charge on any atom is 0.290 e. The molecule has 0 radical (unpaired) electrons. The van der Waals surface area contributed by atoms with Crippen LogP contribution >= 0.6 is 0 Å². The van der Waals surface area contributed by atoms with Crippen molar-refractivity contribution in [1.82, 2.24) is 36.1 Å². The Morgan fingerprint density at radius 1 is 0.860 bits per heavy atom. The van der Waals surface area contributed by atoms with Gasteiger partial charge in [-0.15, -0.1) is 0 Å². The molecule has 0 spiro atoms. The number of nitrogens with zero attached hydrogens (tertiary/aromatic N) is 3. The van der Waals surface area contributed by atoms with Gasteiger partial charge in [-0.05, 0) is 49.5 Å². The molecule has 270 valence electrons. The van der Waals surface area contributed by atoms with Gasteiger partial charge in [0.15, 0.2) is 0 Å². The number of aromatic nitrogens is 2. The van der Waals surface area contributed by atoms with Crippen LogP contribution in [0, 0.1) is 23.7 Å². The molecule has 2 heterocycles. The van der Waals surface area contributed by atoms with E-state index in [0.29, 0.717) is 6.42 Å². The summed E-state index contributed by atoms with van der Waals surface area (Å²) in [5, 5.41) is 10.8. The predicted molar refractivity (Wildman–Crippen MR) is 182 cm³/mol. The highest BCUT2D eigenvalue weighted by atomic mass is 19.1. The summed E-state index contributed by atoms with van der Waals surface area (Å²) < 4.78 is 15.1. The average molecular weight is 694 g/mol. The number of hydrogen-bond acceptors (Lipinski definition) is 8. The smallest absolute Gasteiger partial charge is 0.290 e. The molecular weight excluding hydrogens is 645 g/mol. The van der Waals surface area contributed by atoms with Crippen molar-refractivity contribution < 1.29 is 33.2 Å². The molecule has 1 saturated carbocycles. The van der Waals surface area contributed by atoms with E-state index in [0.717, 1.165) is 5.56 Å². The van der Waals surface area contributed by atoms with Crippen molar-refractivity contribution in [1.29, 1.82) is 0 Å². The highest BCUT2D eigenvalue weighted by Crippen LogP contribution is 2.44. The molecule has 8 atom stereocenters. The number of benzene rings is 1. The van der Waals surface area contributed by atoms with E-state index < -0.39 is 89.5 Å². The zero-order valence-corrected chi connectivity index (χ0v) is 29.4. The van der Waals surface area contributed by atoms with E-state index in [2.05, 4.69) is 31.2 Å². The van der Waals surface area contributed by atoms with Crippen LogP contribution in [-0.4, -0.2) is 87.1 Å². The normalized spacial score (nSPS) is 22.2. The number of nitrogens with one attached hydrogen (secondary N) is 4. The average Bonchev–Trinajstić information content (AvgIpc) is 3.67. The largest absolute Gasteiger partial charge is 0.344 e. The molecule has 1 unspecified atom stereocenters. The summed E-state index contributed by atoms with van der Waals surface area (Å²) in [5.41, 5.74) is 0.825. The zero-order chi connectivity index (χ0) is 36.7. The Kier molecular flexibility index (Phi) is 12.8. The second-order valence-corrected chi connectivity index (χ2v) is 13.8. The van der Waals surface area contributed by atoms with E-state index in [1.807, 2.05) is 30.3 Å². The molecule has 1 aromatic heterocycles. The molecule has 14 heteroatoms. The third-order valence-corrected chi connectivity index (χ3v) is 9.67. The first kappa shape index (κ1) is 38.1. The van der Waals surface area contributed by atoms with Gasteiger partial charge in [-0.1, -0.05) is 65.0 Å². The topological polar surface area (TPSA) is 180 Å². The van der Waals surface area contributed by atoms with Gasteiger partial charge in [0.2, 0.25) is 23.5 Å². The highest BCUT2D eigenvalue weighted by Gasteiger charge is 2.55. The van der Waals surface area contributed by atoms with Gasteiger partial charge < -0.3 is 26.2 Å². The second-order valence-electron chi connectivity index (χ2n) is 13.8. The Morgan fingerprint density at radius 2 is 1.54 bits per heavy atom. The molecule has 50 heavy (non-hydrogen) atoms. The first-order chi connectivity index (χ1) is 23.7. The van der Waals surface area contributed by atoms with Crippen molar-refractivity contribution in [3.8, 4) is 0 Å². The van der Waals surface area contributed by atoms with Crippen molar-refractivity contribution in [3.63, 3.8) is 0 Å². The molecule has 2 aromatic rings. The van der Waals surface area contributed by atoms with Crippen molar-refractivity contribution in [3.05, 3.63) is 60.2 Å². The minimum absolute atomic E-state index is 0.0210. The summed E-state index contributed by atoms with van der Waals surface area (Å²) in [6.45, 7) is 10.3. The molecule has 4 rings (SSSR count). The van der Waals surface area contributed by atoms with Gasteiger partial charge in [-0.25, -0.2) is 9.37 Å². The SMILES string of the molecule is CCC(NC(=O)[C@@H]1[C@H]2CC[C@@H](F)[C@H]2CN1C(=O)[C@@H](NC(=O)[C@@H](NC(=O)c1cnccn1)C(C)C)C(C)C)C(=O)C(=O)N[C@@H](C)c1ccccc1. The molecule has 1 aromatic carbocycles. The van der Waals surface area contributed by atoms with Gasteiger partial charge in [0.1, 0.15) is 30.0 Å². The number of Topliss-reactive ketones (excluding diaryl/α,β-unsaturated/α-hetero) is 1. The molecule has 4 N–H and O–H groups in total. The van der Waals surface area contributed by atoms with Crippen LogP contribution in [0.15, 0.2) is 48.9 Å². The number of hydrogen-bond donors (Lipinski definition) is 4. The number of amides is 5. The van der Waals surface area contributed by atoms with Crippen LogP contribution in [0.5, 0.6) is 0 Å². The summed E-state index contributed by atoms with van der Waals surface area (Å²) in [6.07, 6.45) is 3.52. The fraction of sp³-hybridized carbons (Fsp3) is 0.556. The monoisotopic (exact) mass is 693 g/mol. The third-order valence-electron chi connectivity index (χ3n) is 9.67. The van der Waals surface area contributed by atoms with E-state index in [4.69, 9.17) is 0 Å².